The Balaban J connectivity index is 2.30. The van der Waals surface area contributed by atoms with Gasteiger partial charge in [-0.2, -0.15) is 0 Å². The number of aryl methyl sites for hydroxylation is 2. The highest BCUT2D eigenvalue weighted by Crippen LogP contribution is 2.36. The van der Waals surface area contributed by atoms with Crippen LogP contribution in [0, 0.1) is 6.92 Å². The van der Waals surface area contributed by atoms with Crippen LogP contribution in [0.4, 0.5) is 0 Å². The number of nitrogens with one attached hydrogen (secondary N) is 1. The van der Waals surface area contributed by atoms with E-state index in [1.54, 1.807) is 6.92 Å². The summed E-state index contributed by atoms with van der Waals surface area (Å²) in [6.45, 7) is 1.59. The number of carbonyl (C=O) groups excluding carboxylic acids is 1. The quantitative estimate of drug-likeness (QED) is 0.675. The Morgan fingerprint density at radius 3 is 2.50 bits per heavy atom. The Bertz CT molecular complexity index is 1170. The number of rotatable bonds is 4. The highest BCUT2D eigenvalue weighted by molar-refractivity contribution is 7.90. The Labute approximate surface area is 153 Å². The van der Waals surface area contributed by atoms with Gasteiger partial charge < -0.3 is 4.52 Å². The fourth-order valence-electron chi connectivity index (χ4n) is 2.71. The van der Waals surface area contributed by atoms with Crippen molar-refractivity contribution in [1.82, 2.24) is 14.9 Å². The zero-order chi connectivity index (χ0) is 19.2. The van der Waals surface area contributed by atoms with Gasteiger partial charge in [0.2, 0.25) is 5.78 Å². The minimum Gasteiger partial charge on any atom is -0.364 e. The van der Waals surface area contributed by atoms with Gasteiger partial charge in [-0.3, -0.25) is 19.4 Å². The molecule has 0 aliphatic rings. The first-order valence-corrected chi connectivity index (χ1v) is 9.63. The minimum absolute atomic E-state index is 0.00290. The van der Waals surface area contributed by atoms with Gasteiger partial charge in [-0.15, -0.1) is 0 Å². The van der Waals surface area contributed by atoms with E-state index < -0.39 is 21.2 Å². The average Bonchev–Trinajstić information content (AvgIpc) is 3.14. The summed E-state index contributed by atoms with van der Waals surface area (Å²) in [6.07, 6.45) is 2.29. The van der Waals surface area contributed by atoms with Crippen LogP contribution < -0.4 is 5.56 Å². The molecule has 0 aliphatic heterocycles. The van der Waals surface area contributed by atoms with Gasteiger partial charge in [0, 0.05) is 36.2 Å². The zero-order valence-corrected chi connectivity index (χ0v) is 15.6. The molecule has 0 spiro atoms. The van der Waals surface area contributed by atoms with Crippen LogP contribution in [-0.2, 0) is 16.9 Å². The van der Waals surface area contributed by atoms with Crippen LogP contribution >= 0.6 is 11.6 Å². The summed E-state index contributed by atoms with van der Waals surface area (Å²) in [7, 11) is -2.16. The van der Waals surface area contributed by atoms with E-state index in [1.165, 1.54) is 36.2 Å². The average molecular weight is 396 g/mol. The van der Waals surface area contributed by atoms with Crippen LogP contribution in [0.25, 0.3) is 11.3 Å². The maximum atomic E-state index is 12.9. The summed E-state index contributed by atoms with van der Waals surface area (Å²) in [5, 5.41) is 6.35. The van der Waals surface area contributed by atoms with E-state index in [0.29, 0.717) is 5.69 Å². The normalized spacial score (nSPS) is 11.7. The first kappa shape index (κ1) is 18.2. The predicted octanol–water partition coefficient (Wildman–Crippen LogP) is 1.96. The smallest absolute Gasteiger partial charge is 0.277 e. The number of H-pyrrole nitrogens is 1. The summed E-state index contributed by atoms with van der Waals surface area (Å²) in [4.78, 5) is 25.0. The fourth-order valence-corrected chi connectivity index (χ4v) is 4.01. The highest BCUT2D eigenvalue weighted by Gasteiger charge is 2.27. The van der Waals surface area contributed by atoms with Gasteiger partial charge in [-0.1, -0.05) is 16.8 Å². The van der Waals surface area contributed by atoms with E-state index in [4.69, 9.17) is 16.1 Å². The van der Waals surface area contributed by atoms with Gasteiger partial charge in [0.1, 0.15) is 17.5 Å². The van der Waals surface area contributed by atoms with Crippen LogP contribution in [0.5, 0.6) is 0 Å². The molecule has 0 fully saturated rings. The van der Waals surface area contributed by atoms with Crippen molar-refractivity contribution in [2.45, 2.75) is 11.8 Å². The zero-order valence-electron chi connectivity index (χ0n) is 14.0. The lowest BCUT2D eigenvalue weighted by atomic mass is 10.0. The van der Waals surface area contributed by atoms with E-state index in [2.05, 4.69) is 10.3 Å². The van der Waals surface area contributed by atoms with Gasteiger partial charge >= 0.3 is 0 Å². The van der Waals surface area contributed by atoms with Crippen molar-refractivity contribution in [2.75, 3.05) is 6.26 Å². The number of ketones is 1. The second-order valence-corrected chi connectivity index (χ2v) is 8.12. The predicted molar refractivity (Wildman–Crippen MR) is 94.3 cm³/mol. The number of sulfone groups is 1. The van der Waals surface area contributed by atoms with Crippen molar-refractivity contribution < 1.29 is 17.7 Å². The van der Waals surface area contributed by atoms with Gasteiger partial charge in [0.25, 0.3) is 5.56 Å². The second-order valence-electron chi connectivity index (χ2n) is 5.76. The summed E-state index contributed by atoms with van der Waals surface area (Å²) >= 11 is 6.38. The topological polar surface area (TPSA) is 115 Å². The molecule has 2 heterocycles. The van der Waals surface area contributed by atoms with E-state index in [0.717, 1.165) is 6.26 Å². The molecule has 0 aliphatic carbocycles. The largest absolute Gasteiger partial charge is 0.364 e. The Hall–Kier alpha value is -2.65. The molecule has 26 heavy (non-hydrogen) atoms. The maximum Gasteiger partial charge on any atom is 0.277 e. The molecule has 0 unspecified atom stereocenters. The summed E-state index contributed by atoms with van der Waals surface area (Å²) in [5.74, 6) is -0.612. The first-order valence-electron chi connectivity index (χ1n) is 7.36. The molecule has 10 heteroatoms. The number of benzene rings is 1. The molecule has 3 rings (SSSR count). The van der Waals surface area contributed by atoms with Crippen molar-refractivity contribution in [1.29, 1.82) is 0 Å². The number of nitrogens with zero attached hydrogens (tertiary/aromatic N) is 2. The fraction of sp³-hybridized carbons (Fsp3) is 0.188. The summed E-state index contributed by atoms with van der Waals surface area (Å²) in [6, 6.07) is 3.99. The van der Waals surface area contributed by atoms with Crippen molar-refractivity contribution in [3.8, 4) is 11.3 Å². The van der Waals surface area contributed by atoms with Gasteiger partial charge in [0.15, 0.2) is 9.84 Å². The van der Waals surface area contributed by atoms with Crippen LogP contribution in [0.2, 0.25) is 5.02 Å². The Morgan fingerprint density at radius 1 is 1.31 bits per heavy atom. The van der Waals surface area contributed by atoms with E-state index in [-0.39, 0.29) is 32.3 Å². The Morgan fingerprint density at radius 2 is 2.00 bits per heavy atom. The van der Waals surface area contributed by atoms with E-state index in [1.807, 2.05) is 0 Å². The number of hydrogen-bond acceptors (Lipinski definition) is 6. The molecular formula is C16H14ClN3O5S. The molecule has 0 atom stereocenters. The van der Waals surface area contributed by atoms with E-state index >= 15 is 0 Å². The second kappa shape index (κ2) is 6.26. The van der Waals surface area contributed by atoms with Crippen LogP contribution in [0.15, 0.2) is 38.7 Å². The number of carbonyl (C=O) groups is 1. The van der Waals surface area contributed by atoms with Crippen LogP contribution in [0.1, 0.15) is 21.6 Å². The third kappa shape index (κ3) is 2.89. The molecule has 0 amide bonds. The van der Waals surface area contributed by atoms with E-state index in [9.17, 15) is 18.0 Å². The van der Waals surface area contributed by atoms with Crippen LogP contribution in [0.3, 0.4) is 0 Å². The number of halogens is 1. The molecule has 8 nitrogen and oxygen atoms in total. The van der Waals surface area contributed by atoms with Crippen LogP contribution in [-0.4, -0.2) is 35.4 Å². The molecule has 3 aromatic rings. The number of hydrogen-bond donors (Lipinski definition) is 1. The summed E-state index contributed by atoms with van der Waals surface area (Å²) in [5.41, 5.74) is 0.0412. The molecule has 0 saturated carbocycles. The molecule has 136 valence electrons. The van der Waals surface area contributed by atoms with Crippen molar-refractivity contribution in [3.05, 3.63) is 56.7 Å². The lowest BCUT2D eigenvalue weighted by Gasteiger charge is -2.11. The maximum absolute atomic E-state index is 12.9. The van der Waals surface area contributed by atoms with Crippen molar-refractivity contribution in [3.63, 3.8) is 0 Å². The molecular weight excluding hydrogens is 382 g/mol. The monoisotopic (exact) mass is 395 g/mol. The van der Waals surface area contributed by atoms with Gasteiger partial charge in [-0.25, -0.2) is 8.42 Å². The highest BCUT2D eigenvalue weighted by atomic mass is 35.5. The molecule has 1 aromatic carbocycles. The lowest BCUT2D eigenvalue weighted by molar-refractivity contribution is 0.103. The molecule has 0 saturated heterocycles. The summed E-state index contributed by atoms with van der Waals surface area (Å²) < 4.78 is 30.2. The van der Waals surface area contributed by atoms with Crippen molar-refractivity contribution in [2.24, 2.45) is 7.05 Å². The van der Waals surface area contributed by atoms with Crippen molar-refractivity contribution >= 4 is 27.2 Å². The number of aromatic amines is 1. The molecule has 2 aromatic heterocycles. The van der Waals surface area contributed by atoms with Gasteiger partial charge in [0.05, 0.1) is 9.92 Å². The number of aromatic nitrogens is 3. The van der Waals surface area contributed by atoms with Gasteiger partial charge in [-0.05, 0) is 19.1 Å². The standard InChI is InChI=1S/C16H14ClN3O5S/c1-8-12(16(22)20(2)18-8)15(21)9-4-5-11(26(3,23)24)13(14(9)17)10-6-7-25-19-10/h4-7,18H,1-3H3. The third-order valence-corrected chi connectivity index (χ3v) is 5.43. The third-order valence-electron chi connectivity index (χ3n) is 3.90. The first-order chi connectivity index (χ1) is 12.1. The molecule has 0 radical (unpaired) electrons. The lowest BCUT2D eigenvalue weighted by Crippen LogP contribution is -2.20. The molecule has 0 bridgehead atoms. The minimum atomic E-state index is -3.65. The molecule has 1 N–H and O–H groups in total. The SMILES string of the molecule is Cc1[nH]n(C)c(=O)c1C(=O)c1ccc(S(C)(=O)=O)c(-c2ccon2)c1Cl. The Kier molecular flexibility index (Phi) is 4.37.